The minimum absolute atomic E-state index is 0.547. The van der Waals surface area contributed by atoms with E-state index in [1.54, 1.807) is 6.07 Å². The maximum Gasteiger partial charge on any atom is 0.153 e. The van der Waals surface area contributed by atoms with Crippen molar-refractivity contribution < 1.29 is 9.52 Å². The number of hydrogen-bond donors (Lipinski definition) is 1. The molecular weight excluding hydrogens is 284 g/mol. The normalized spacial score (nSPS) is 16.3. The fourth-order valence-corrected chi connectivity index (χ4v) is 3.08. The number of aliphatic hydroxyl groups excluding tert-OH is 1. The summed E-state index contributed by atoms with van der Waals surface area (Å²) >= 11 is 6.14. The highest BCUT2D eigenvalue weighted by Crippen LogP contribution is 2.44. The molecule has 0 saturated heterocycles. The van der Waals surface area contributed by atoms with Crippen molar-refractivity contribution in [2.75, 3.05) is 0 Å². The third-order valence-electron chi connectivity index (χ3n) is 4.09. The van der Waals surface area contributed by atoms with Gasteiger partial charge in [-0.1, -0.05) is 48.0 Å². The number of halogens is 1. The zero-order chi connectivity index (χ0) is 14.4. The molecule has 21 heavy (non-hydrogen) atoms. The van der Waals surface area contributed by atoms with Crippen LogP contribution in [0.2, 0.25) is 5.02 Å². The van der Waals surface area contributed by atoms with Gasteiger partial charge in [-0.3, -0.25) is 0 Å². The minimum atomic E-state index is -0.745. The molecule has 1 atom stereocenters. The second-order valence-corrected chi connectivity index (χ2v) is 6.02. The summed E-state index contributed by atoms with van der Waals surface area (Å²) in [4.78, 5) is 0. The molecule has 1 unspecified atom stereocenters. The van der Waals surface area contributed by atoms with Crippen LogP contribution < -0.4 is 0 Å². The Balaban J connectivity index is 1.79. The van der Waals surface area contributed by atoms with Crippen molar-refractivity contribution in [2.45, 2.75) is 24.9 Å². The molecule has 0 radical (unpaired) electrons. The molecule has 0 aliphatic heterocycles. The summed E-state index contributed by atoms with van der Waals surface area (Å²) in [5, 5.41) is 12.2. The highest BCUT2D eigenvalue weighted by Gasteiger charge is 2.29. The molecule has 3 aromatic rings. The van der Waals surface area contributed by atoms with Crippen molar-refractivity contribution in [2.24, 2.45) is 0 Å². The van der Waals surface area contributed by atoms with Gasteiger partial charge in [-0.2, -0.15) is 0 Å². The first-order chi connectivity index (χ1) is 10.2. The fraction of sp³-hybridized carbons (Fsp3) is 0.222. The summed E-state index contributed by atoms with van der Waals surface area (Å²) in [5.41, 5.74) is 2.81. The second-order valence-electron chi connectivity index (χ2n) is 5.61. The molecule has 1 aliphatic carbocycles. The van der Waals surface area contributed by atoms with Crippen LogP contribution in [0, 0.1) is 0 Å². The highest BCUT2D eigenvalue weighted by molar-refractivity contribution is 6.34. The van der Waals surface area contributed by atoms with E-state index in [0.717, 1.165) is 10.9 Å². The molecular formula is C18H15ClO2. The average molecular weight is 299 g/mol. The van der Waals surface area contributed by atoms with Gasteiger partial charge in [-0.25, -0.2) is 0 Å². The van der Waals surface area contributed by atoms with Gasteiger partial charge in [0.25, 0.3) is 0 Å². The first-order valence-electron chi connectivity index (χ1n) is 7.19. The first kappa shape index (κ1) is 12.9. The molecule has 1 fully saturated rings. The summed E-state index contributed by atoms with van der Waals surface area (Å²) in [6.45, 7) is 0. The van der Waals surface area contributed by atoms with E-state index in [1.165, 1.54) is 18.4 Å². The van der Waals surface area contributed by atoms with Gasteiger partial charge in [0, 0.05) is 5.39 Å². The number of aliphatic hydroxyl groups is 1. The lowest BCUT2D eigenvalue weighted by Crippen LogP contribution is -2.01. The molecule has 1 heterocycles. The van der Waals surface area contributed by atoms with Crippen LogP contribution in [0.5, 0.6) is 0 Å². The molecule has 1 aromatic heterocycles. The van der Waals surface area contributed by atoms with E-state index in [1.807, 2.05) is 36.4 Å². The van der Waals surface area contributed by atoms with E-state index in [0.29, 0.717) is 22.3 Å². The van der Waals surface area contributed by atoms with Crippen molar-refractivity contribution in [1.29, 1.82) is 0 Å². The Kier molecular flexibility index (Phi) is 3.02. The van der Waals surface area contributed by atoms with Crippen LogP contribution in [0.25, 0.3) is 11.0 Å². The zero-order valence-corrected chi connectivity index (χ0v) is 12.2. The topological polar surface area (TPSA) is 33.4 Å². The SMILES string of the molecule is OC(c1cc2cccc(Cl)c2o1)c1ccccc1C1CC1. The van der Waals surface area contributed by atoms with Crippen LogP contribution in [0.15, 0.2) is 52.9 Å². The summed E-state index contributed by atoms with van der Waals surface area (Å²) in [6, 6.07) is 15.6. The lowest BCUT2D eigenvalue weighted by molar-refractivity contribution is 0.191. The van der Waals surface area contributed by atoms with Crippen molar-refractivity contribution in [1.82, 2.24) is 0 Å². The summed E-state index contributed by atoms with van der Waals surface area (Å²) in [7, 11) is 0. The van der Waals surface area contributed by atoms with Gasteiger partial charge >= 0.3 is 0 Å². The highest BCUT2D eigenvalue weighted by atomic mass is 35.5. The smallest absolute Gasteiger partial charge is 0.153 e. The van der Waals surface area contributed by atoms with Crippen LogP contribution >= 0.6 is 11.6 Å². The van der Waals surface area contributed by atoms with Crippen LogP contribution in [-0.2, 0) is 0 Å². The molecule has 2 nitrogen and oxygen atoms in total. The van der Waals surface area contributed by atoms with Gasteiger partial charge in [-0.15, -0.1) is 0 Å². The van der Waals surface area contributed by atoms with Gasteiger partial charge in [0.1, 0.15) is 11.9 Å². The van der Waals surface area contributed by atoms with Crippen LogP contribution in [0.1, 0.15) is 41.8 Å². The number of para-hydroxylation sites is 1. The predicted molar refractivity (Wildman–Crippen MR) is 83.7 cm³/mol. The maximum atomic E-state index is 10.7. The van der Waals surface area contributed by atoms with Crippen LogP contribution in [-0.4, -0.2) is 5.11 Å². The molecule has 106 valence electrons. The van der Waals surface area contributed by atoms with Crippen molar-refractivity contribution >= 4 is 22.6 Å². The summed E-state index contributed by atoms with van der Waals surface area (Å²) in [6.07, 6.45) is 1.66. The van der Waals surface area contributed by atoms with Gasteiger partial charge in [0.05, 0.1) is 5.02 Å². The number of benzene rings is 2. The number of fused-ring (bicyclic) bond motifs is 1. The molecule has 3 heteroatoms. The zero-order valence-electron chi connectivity index (χ0n) is 11.4. The van der Waals surface area contributed by atoms with Crippen molar-refractivity contribution in [3.05, 3.63) is 70.4 Å². The van der Waals surface area contributed by atoms with Crippen LogP contribution in [0.3, 0.4) is 0 Å². The minimum Gasteiger partial charge on any atom is -0.456 e. The fourth-order valence-electron chi connectivity index (χ4n) is 2.86. The largest absolute Gasteiger partial charge is 0.456 e. The molecule has 2 aromatic carbocycles. The Bertz CT molecular complexity index is 802. The van der Waals surface area contributed by atoms with E-state index >= 15 is 0 Å². The first-order valence-corrected chi connectivity index (χ1v) is 7.56. The van der Waals surface area contributed by atoms with E-state index in [-0.39, 0.29) is 0 Å². The number of furan rings is 1. The average Bonchev–Trinajstić information content (AvgIpc) is 3.25. The maximum absolute atomic E-state index is 10.7. The van der Waals surface area contributed by atoms with Gasteiger partial charge in [0.2, 0.25) is 0 Å². The van der Waals surface area contributed by atoms with Gasteiger partial charge < -0.3 is 9.52 Å². The van der Waals surface area contributed by atoms with Crippen molar-refractivity contribution in [3.8, 4) is 0 Å². The molecule has 1 aliphatic rings. The standard InChI is InChI=1S/C18H15ClO2/c19-15-7-3-4-12-10-16(21-18(12)15)17(20)14-6-2-1-5-13(14)11-8-9-11/h1-7,10-11,17,20H,8-9H2. The second kappa shape index (κ2) is 4.90. The van der Waals surface area contributed by atoms with Crippen molar-refractivity contribution in [3.63, 3.8) is 0 Å². The number of hydrogen-bond acceptors (Lipinski definition) is 2. The van der Waals surface area contributed by atoms with E-state index in [4.69, 9.17) is 16.0 Å². The molecule has 0 amide bonds. The lowest BCUT2D eigenvalue weighted by atomic mass is 9.97. The monoisotopic (exact) mass is 298 g/mol. The third kappa shape index (κ3) is 2.25. The van der Waals surface area contributed by atoms with E-state index in [2.05, 4.69) is 6.07 Å². The summed E-state index contributed by atoms with van der Waals surface area (Å²) in [5.74, 6) is 1.13. The third-order valence-corrected chi connectivity index (χ3v) is 4.39. The Morgan fingerprint density at radius 3 is 2.67 bits per heavy atom. The van der Waals surface area contributed by atoms with Crippen LogP contribution in [0.4, 0.5) is 0 Å². The summed E-state index contributed by atoms with van der Waals surface area (Å²) < 4.78 is 5.79. The van der Waals surface area contributed by atoms with E-state index < -0.39 is 6.10 Å². The van der Waals surface area contributed by atoms with E-state index in [9.17, 15) is 5.11 Å². The van der Waals surface area contributed by atoms with Gasteiger partial charge in [-0.05, 0) is 42.0 Å². The predicted octanol–water partition coefficient (Wildman–Crippen LogP) is 5.05. The quantitative estimate of drug-likeness (QED) is 0.734. The van der Waals surface area contributed by atoms with Gasteiger partial charge in [0.15, 0.2) is 5.58 Å². The molecule has 0 bridgehead atoms. The lowest BCUT2D eigenvalue weighted by Gasteiger charge is -2.13. The molecule has 0 spiro atoms. The Labute approximate surface area is 128 Å². The molecule has 1 N–H and O–H groups in total. The Morgan fingerprint density at radius 2 is 1.90 bits per heavy atom. The Morgan fingerprint density at radius 1 is 1.10 bits per heavy atom. The Hall–Kier alpha value is -1.77. The number of rotatable bonds is 3. The molecule has 1 saturated carbocycles. The molecule has 4 rings (SSSR count).